The lowest BCUT2D eigenvalue weighted by Crippen LogP contribution is -1.99. The van der Waals surface area contributed by atoms with Crippen molar-refractivity contribution in [1.82, 2.24) is 0 Å². The molecule has 1 aliphatic carbocycles. The molecule has 0 aromatic heterocycles. The summed E-state index contributed by atoms with van der Waals surface area (Å²) in [6, 6.07) is 5.59. The van der Waals surface area contributed by atoms with E-state index in [1.165, 1.54) is 32.1 Å². The predicted octanol–water partition coefficient (Wildman–Crippen LogP) is 3.75. The first-order chi connectivity index (χ1) is 9.21. The van der Waals surface area contributed by atoms with Gasteiger partial charge in [-0.15, -0.1) is 0 Å². The van der Waals surface area contributed by atoms with E-state index in [9.17, 15) is 0 Å². The molecule has 0 bridgehead atoms. The van der Waals surface area contributed by atoms with E-state index < -0.39 is 0 Å². The number of ether oxygens (including phenoxy) is 2. The largest absolute Gasteiger partial charge is 0.497 e. The maximum Gasteiger partial charge on any atom is 0.127 e. The van der Waals surface area contributed by atoms with E-state index >= 15 is 0 Å². The van der Waals surface area contributed by atoms with Crippen LogP contribution in [0.2, 0.25) is 0 Å². The molecule has 0 spiro atoms. The third-order valence-electron chi connectivity index (χ3n) is 3.61. The molecule has 3 heteroatoms. The third-order valence-corrected chi connectivity index (χ3v) is 3.61. The maximum absolute atomic E-state index is 5.50. The average Bonchev–Trinajstić information content (AvgIpc) is 2.48. The van der Waals surface area contributed by atoms with Crippen molar-refractivity contribution in [3.05, 3.63) is 23.8 Å². The minimum absolute atomic E-state index is 0.479. The van der Waals surface area contributed by atoms with Gasteiger partial charge in [-0.05, 0) is 12.0 Å². The number of rotatable bonds is 3. The van der Waals surface area contributed by atoms with E-state index in [1.807, 2.05) is 18.2 Å². The van der Waals surface area contributed by atoms with Crippen molar-refractivity contribution in [2.45, 2.75) is 45.6 Å². The summed E-state index contributed by atoms with van der Waals surface area (Å²) in [6.07, 6.45) is 7.44. The molecule has 0 amide bonds. The van der Waals surface area contributed by atoms with Gasteiger partial charge >= 0.3 is 0 Å². The molecule has 2 rings (SSSR count). The second-order valence-electron chi connectivity index (χ2n) is 5.13. The second kappa shape index (κ2) is 8.81. The minimum Gasteiger partial charge on any atom is -0.497 e. The highest BCUT2D eigenvalue weighted by Crippen LogP contribution is 2.23. The van der Waals surface area contributed by atoms with Gasteiger partial charge in [0.1, 0.15) is 11.5 Å². The number of hydrogen-bond acceptors (Lipinski definition) is 3. The summed E-state index contributed by atoms with van der Waals surface area (Å²) >= 11 is 0. The van der Waals surface area contributed by atoms with Crippen molar-refractivity contribution in [2.24, 2.45) is 11.7 Å². The van der Waals surface area contributed by atoms with Crippen LogP contribution in [0, 0.1) is 5.92 Å². The summed E-state index contributed by atoms with van der Waals surface area (Å²) in [7, 11) is 3.24. The molecule has 1 fully saturated rings. The van der Waals surface area contributed by atoms with Gasteiger partial charge in [0, 0.05) is 18.2 Å². The van der Waals surface area contributed by atoms with Gasteiger partial charge in [0.15, 0.2) is 0 Å². The lowest BCUT2D eigenvalue weighted by molar-refractivity contribution is 0.385. The molecule has 1 saturated carbocycles. The van der Waals surface area contributed by atoms with Crippen LogP contribution < -0.4 is 15.2 Å². The van der Waals surface area contributed by atoms with E-state index in [0.29, 0.717) is 6.54 Å². The number of nitrogens with two attached hydrogens (primary N) is 1. The molecule has 2 N–H and O–H groups in total. The summed E-state index contributed by atoms with van der Waals surface area (Å²) < 4.78 is 10.2. The summed E-state index contributed by atoms with van der Waals surface area (Å²) in [5.74, 6) is 2.59. The highest BCUT2D eigenvalue weighted by atomic mass is 16.5. The molecule has 0 aliphatic heterocycles. The quantitative estimate of drug-likeness (QED) is 0.905. The van der Waals surface area contributed by atoms with Crippen LogP contribution in [0.4, 0.5) is 0 Å². The predicted molar refractivity (Wildman–Crippen MR) is 79.7 cm³/mol. The van der Waals surface area contributed by atoms with Gasteiger partial charge in [-0.25, -0.2) is 0 Å². The molecular weight excluding hydrogens is 238 g/mol. The fourth-order valence-electron chi connectivity index (χ4n) is 2.33. The standard InChI is InChI=1S/C9H13NO2.C7H14/c1-11-8-4-3-7(6-10)9(5-8)12-2;1-7-5-3-2-4-6-7/h3-5H,6,10H2,1-2H3;7H,2-6H2,1H3. The Kier molecular flexibility index (Phi) is 7.34. The molecular formula is C16H27NO2. The molecule has 3 nitrogen and oxygen atoms in total. The van der Waals surface area contributed by atoms with E-state index in [2.05, 4.69) is 6.92 Å². The summed E-state index contributed by atoms with van der Waals surface area (Å²) in [6.45, 7) is 2.84. The minimum atomic E-state index is 0.479. The van der Waals surface area contributed by atoms with E-state index in [-0.39, 0.29) is 0 Å². The molecule has 1 aromatic rings. The van der Waals surface area contributed by atoms with Crippen molar-refractivity contribution in [3.8, 4) is 11.5 Å². The summed E-state index contributed by atoms with van der Waals surface area (Å²) in [5.41, 5.74) is 6.48. The van der Waals surface area contributed by atoms with Gasteiger partial charge in [-0.3, -0.25) is 0 Å². The first-order valence-corrected chi connectivity index (χ1v) is 7.12. The average molecular weight is 265 g/mol. The van der Waals surface area contributed by atoms with Crippen molar-refractivity contribution < 1.29 is 9.47 Å². The van der Waals surface area contributed by atoms with Gasteiger partial charge in [0.05, 0.1) is 14.2 Å². The van der Waals surface area contributed by atoms with Crippen LogP contribution in [0.5, 0.6) is 11.5 Å². The zero-order chi connectivity index (χ0) is 14.1. The number of hydrogen-bond donors (Lipinski definition) is 1. The molecule has 1 aliphatic rings. The van der Waals surface area contributed by atoms with Crippen molar-refractivity contribution in [3.63, 3.8) is 0 Å². The van der Waals surface area contributed by atoms with Gasteiger partial charge in [-0.1, -0.05) is 45.1 Å². The molecule has 0 saturated heterocycles. The van der Waals surface area contributed by atoms with Crippen LogP contribution in [0.15, 0.2) is 18.2 Å². The Labute approximate surface area is 117 Å². The Morgan fingerprint density at radius 1 is 1.11 bits per heavy atom. The van der Waals surface area contributed by atoms with E-state index in [1.54, 1.807) is 14.2 Å². The van der Waals surface area contributed by atoms with Crippen LogP contribution in [-0.2, 0) is 6.54 Å². The monoisotopic (exact) mass is 265 g/mol. The first kappa shape index (κ1) is 15.8. The van der Waals surface area contributed by atoms with Crippen LogP contribution in [0.1, 0.15) is 44.6 Å². The Bertz CT molecular complexity index is 360. The SMILES string of the molecule is CC1CCCCC1.COc1ccc(CN)c(OC)c1. The normalized spacial score (nSPS) is 15.4. The van der Waals surface area contributed by atoms with Crippen LogP contribution >= 0.6 is 0 Å². The Morgan fingerprint density at radius 3 is 2.21 bits per heavy atom. The Morgan fingerprint density at radius 2 is 1.79 bits per heavy atom. The van der Waals surface area contributed by atoms with E-state index in [4.69, 9.17) is 15.2 Å². The van der Waals surface area contributed by atoms with E-state index in [0.717, 1.165) is 23.0 Å². The third kappa shape index (κ3) is 5.52. The van der Waals surface area contributed by atoms with Crippen molar-refractivity contribution in [1.29, 1.82) is 0 Å². The summed E-state index contributed by atoms with van der Waals surface area (Å²) in [5, 5.41) is 0. The second-order valence-corrected chi connectivity index (χ2v) is 5.13. The molecule has 19 heavy (non-hydrogen) atoms. The molecule has 0 unspecified atom stereocenters. The molecule has 0 heterocycles. The van der Waals surface area contributed by atoms with Crippen LogP contribution in [0.3, 0.4) is 0 Å². The zero-order valence-electron chi connectivity index (χ0n) is 12.4. The van der Waals surface area contributed by atoms with Crippen molar-refractivity contribution >= 4 is 0 Å². The maximum atomic E-state index is 5.50. The topological polar surface area (TPSA) is 44.5 Å². The molecule has 108 valence electrons. The zero-order valence-corrected chi connectivity index (χ0v) is 12.4. The summed E-state index contributed by atoms with van der Waals surface area (Å²) in [4.78, 5) is 0. The molecule has 0 atom stereocenters. The van der Waals surface area contributed by atoms with Gasteiger partial charge < -0.3 is 15.2 Å². The van der Waals surface area contributed by atoms with Crippen LogP contribution in [0.25, 0.3) is 0 Å². The smallest absolute Gasteiger partial charge is 0.127 e. The van der Waals surface area contributed by atoms with Gasteiger partial charge in [0.25, 0.3) is 0 Å². The first-order valence-electron chi connectivity index (χ1n) is 7.12. The Balaban J connectivity index is 0.000000218. The van der Waals surface area contributed by atoms with Gasteiger partial charge in [0.2, 0.25) is 0 Å². The highest BCUT2D eigenvalue weighted by Gasteiger charge is 2.06. The lowest BCUT2D eigenvalue weighted by Gasteiger charge is -2.15. The number of methoxy groups -OCH3 is 2. The molecule has 0 radical (unpaired) electrons. The Hall–Kier alpha value is -1.22. The lowest BCUT2D eigenvalue weighted by atomic mass is 9.91. The number of benzene rings is 1. The van der Waals surface area contributed by atoms with Crippen molar-refractivity contribution in [2.75, 3.05) is 14.2 Å². The fourth-order valence-corrected chi connectivity index (χ4v) is 2.33. The van der Waals surface area contributed by atoms with Crippen LogP contribution in [-0.4, -0.2) is 14.2 Å². The highest BCUT2D eigenvalue weighted by molar-refractivity contribution is 5.40. The molecule has 1 aromatic carbocycles. The fraction of sp³-hybridized carbons (Fsp3) is 0.625. The van der Waals surface area contributed by atoms with Gasteiger partial charge in [-0.2, -0.15) is 0 Å².